The van der Waals surface area contributed by atoms with Gasteiger partial charge in [-0.2, -0.15) is 52.7 Å². The molecular formula is C7HF15. The molecule has 0 radical (unpaired) electrons. The largest absolute Gasteiger partial charge is 0.460 e. The Labute approximate surface area is 109 Å². The predicted octanol–water partition coefficient (Wildman–Crippen LogP) is 4.99. The molecule has 0 bridgehead atoms. The smallest absolute Gasteiger partial charge is 0.220 e. The van der Waals surface area contributed by atoms with E-state index in [9.17, 15) is 65.9 Å². The van der Waals surface area contributed by atoms with Gasteiger partial charge in [0.1, 0.15) is 0 Å². The molecule has 1 unspecified atom stereocenters. The first-order valence-corrected chi connectivity index (χ1v) is 4.43. The summed E-state index contributed by atoms with van der Waals surface area (Å²) < 4.78 is 182. The zero-order valence-electron chi connectivity index (χ0n) is 9.25. The molecule has 0 heterocycles. The van der Waals surface area contributed by atoms with Crippen molar-refractivity contribution < 1.29 is 65.9 Å². The van der Waals surface area contributed by atoms with Gasteiger partial charge in [-0.15, -0.1) is 0 Å². The molecule has 0 fully saturated rings. The lowest BCUT2D eigenvalue weighted by Crippen LogP contribution is -2.73. The molecule has 0 aliphatic rings. The summed E-state index contributed by atoms with van der Waals surface area (Å²) in [5, 5.41) is 0. The summed E-state index contributed by atoms with van der Waals surface area (Å²) in [5.74, 6) is -24.2. The molecule has 0 rings (SSSR count). The topological polar surface area (TPSA) is 0 Å². The number of hydrogen-bond donors (Lipinski definition) is 0. The predicted molar refractivity (Wildman–Crippen MR) is 36.8 cm³/mol. The summed E-state index contributed by atoms with van der Waals surface area (Å²) >= 11 is 0. The van der Waals surface area contributed by atoms with Gasteiger partial charge >= 0.3 is 35.8 Å². The van der Waals surface area contributed by atoms with Crippen molar-refractivity contribution in [3.63, 3.8) is 0 Å². The van der Waals surface area contributed by atoms with Crippen LogP contribution < -0.4 is 0 Å². The van der Waals surface area contributed by atoms with Crippen LogP contribution in [0.3, 0.4) is 0 Å². The summed E-state index contributed by atoms with van der Waals surface area (Å²) in [7, 11) is 0. The van der Waals surface area contributed by atoms with Crippen LogP contribution in [0.25, 0.3) is 0 Å². The SMILES string of the molecule is FC(F)C(F)(C(F)(F)F)C(F)(F)C(F)(F)C(F)(F)C(F)(F)F. The van der Waals surface area contributed by atoms with Crippen LogP contribution in [0.1, 0.15) is 0 Å². The maximum Gasteiger partial charge on any atom is 0.460 e. The van der Waals surface area contributed by atoms with Crippen molar-refractivity contribution in [3.05, 3.63) is 0 Å². The highest BCUT2D eigenvalue weighted by atomic mass is 19.4. The van der Waals surface area contributed by atoms with Crippen LogP contribution in [-0.4, -0.2) is 42.2 Å². The highest BCUT2D eigenvalue weighted by Crippen LogP contribution is 2.61. The Morgan fingerprint density at radius 1 is 0.409 bits per heavy atom. The Balaban J connectivity index is 6.43. The molecule has 1 atom stereocenters. The lowest BCUT2D eigenvalue weighted by molar-refractivity contribution is -0.441. The molecule has 0 nitrogen and oxygen atoms in total. The highest BCUT2D eigenvalue weighted by Gasteiger charge is 2.92. The quantitative estimate of drug-likeness (QED) is 0.612. The summed E-state index contributed by atoms with van der Waals surface area (Å²) in [6.45, 7) is 0. The van der Waals surface area contributed by atoms with Crippen molar-refractivity contribution in [2.45, 2.75) is 42.2 Å². The second-order valence-corrected chi connectivity index (χ2v) is 3.73. The monoisotopic (exact) mass is 370 g/mol. The normalized spacial score (nSPS) is 18.5. The second-order valence-electron chi connectivity index (χ2n) is 3.73. The van der Waals surface area contributed by atoms with E-state index in [1.165, 1.54) is 0 Å². The summed E-state index contributed by atoms with van der Waals surface area (Å²) in [6.07, 6.45) is -21.2. The molecule has 0 saturated heterocycles. The van der Waals surface area contributed by atoms with E-state index >= 15 is 0 Å². The Morgan fingerprint density at radius 3 is 0.909 bits per heavy atom. The molecule has 0 saturated carbocycles. The number of rotatable bonds is 4. The van der Waals surface area contributed by atoms with Gasteiger partial charge in [0, 0.05) is 0 Å². The third kappa shape index (κ3) is 2.45. The van der Waals surface area contributed by atoms with Gasteiger partial charge in [-0.25, -0.2) is 13.2 Å². The fraction of sp³-hybridized carbons (Fsp3) is 1.00. The van der Waals surface area contributed by atoms with E-state index in [1.807, 2.05) is 0 Å². The summed E-state index contributed by atoms with van der Waals surface area (Å²) in [4.78, 5) is 0. The molecule has 134 valence electrons. The fourth-order valence-electron chi connectivity index (χ4n) is 1.04. The number of halogens is 15. The Hall–Kier alpha value is -1.05. The van der Waals surface area contributed by atoms with Crippen molar-refractivity contribution in [2.24, 2.45) is 0 Å². The Morgan fingerprint density at radius 2 is 0.727 bits per heavy atom. The molecule has 0 aliphatic heterocycles. The molecule has 0 aromatic carbocycles. The minimum Gasteiger partial charge on any atom is -0.220 e. The van der Waals surface area contributed by atoms with Gasteiger partial charge in [0.15, 0.2) is 0 Å². The minimum absolute atomic E-state index is 6.09. The first-order valence-electron chi connectivity index (χ1n) is 4.43. The van der Waals surface area contributed by atoms with Crippen LogP contribution >= 0.6 is 0 Å². The first kappa shape index (κ1) is 20.9. The molecule has 0 N–H and O–H groups in total. The van der Waals surface area contributed by atoms with Crippen LogP contribution in [0.15, 0.2) is 0 Å². The van der Waals surface area contributed by atoms with Crippen LogP contribution in [0.4, 0.5) is 65.9 Å². The van der Waals surface area contributed by atoms with Crippen LogP contribution in [-0.2, 0) is 0 Å². The first-order chi connectivity index (χ1) is 9.19. The van der Waals surface area contributed by atoms with Gasteiger partial charge in [-0.3, -0.25) is 0 Å². The molecule has 0 aromatic heterocycles. The molecule has 0 aromatic rings. The Kier molecular flexibility index (Phi) is 4.74. The van der Waals surface area contributed by atoms with E-state index in [1.54, 1.807) is 0 Å². The van der Waals surface area contributed by atoms with Gasteiger partial charge in [-0.1, -0.05) is 0 Å². The van der Waals surface area contributed by atoms with Gasteiger partial charge in [0.05, 0.1) is 0 Å². The van der Waals surface area contributed by atoms with E-state index in [-0.39, 0.29) is 0 Å². The van der Waals surface area contributed by atoms with E-state index in [0.717, 1.165) is 0 Å². The molecular weight excluding hydrogens is 369 g/mol. The van der Waals surface area contributed by atoms with Crippen molar-refractivity contribution >= 4 is 0 Å². The van der Waals surface area contributed by atoms with E-state index in [4.69, 9.17) is 0 Å². The van der Waals surface area contributed by atoms with Gasteiger partial charge < -0.3 is 0 Å². The Bertz CT molecular complexity index is 399. The number of alkyl halides is 15. The fourth-order valence-corrected chi connectivity index (χ4v) is 1.04. The van der Waals surface area contributed by atoms with Crippen LogP contribution in [0.2, 0.25) is 0 Å². The van der Waals surface area contributed by atoms with E-state index in [2.05, 4.69) is 0 Å². The molecule has 15 heteroatoms. The van der Waals surface area contributed by atoms with E-state index in [0.29, 0.717) is 0 Å². The maximum absolute atomic E-state index is 12.8. The highest BCUT2D eigenvalue weighted by molar-refractivity contribution is 5.13. The molecule has 22 heavy (non-hydrogen) atoms. The molecule has 0 amide bonds. The van der Waals surface area contributed by atoms with E-state index < -0.39 is 42.2 Å². The zero-order valence-corrected chi connectivity index (χ0v) is 9.25. The van der Waals surface area contributed by atoms with Gasteiger partial charge in [0.25, 0.3) is 6.43 Å². The lowest BCUT2D eigenvalue weighted by atomic mass is 9.88. The zero-order chi connectivity index (χ0) is 18.6. The van der Waals surface area contributed by atoms with Crippen molar-refractivity contribution in [1.82, 2.24) is 0 Å². The third-order valence-corrected chi connectivity index (χ3v) is 2.31. The van der Waals surface area contributed by atoms with Crippen molar-refractivity contribution in [3.8, 4) is 0 Å². The molecule has 0 spiro atoms. The van der Waals surface area contributed by atoms with Gasteiger partial charge in [0.2, 0.25) is 0 Å². The van der Waals surface area contributed by atoms with Gasteiger partial charge in [-0.05, 0) is 0 Å². The molecule has 0 aliphatic carbocycles. The maximum atomic E-state index is 12.8. The van der Waals surface area contributed by atoms with Crippen molar-refractivity contribution in [2.75, 3.05) is 0 Å². The third-order valence-electron chi connectivity index (χ3n) is 2.31. The standard InChI is InChI=1S/C7HF15/c8-1(9)2(10,6(17,18)19)3(11,12)4(13,14)5(15,16)7(20,21)22/h1H. The summed E-state index contributed by atoms with van der Waals surface area (Å²) in [6, 6.07) is 0. The van der Waals surface area contributed by atoms with Crippen molar-refractivity contribution in [1.29, 1.82) is 0 Å². The summed E-state index contributed by atoms with van der Waals surface area (Å²) in [5.41, 5.74) is -7.65. The number of hydrogen-bond acceptors (Lipinski definition) is 0. The minimum atomic E-state index is -8.17. The average Bonchev–Trinajstić information content (AvgIpc) is 2.23. The van der Waals surface area contributed by atoms with Crippen LogP contribution in [0, 0.1) is 0 Å². The average molecular weight is 370 g/mol. The van der Waals surface area contributed by atoms with Crippen LogP contribution in [0.5, 0.6) is 0 Å². The lowest BCUT2D eigenvalue weighted by Gasteiger charge is -2.40. The second kappa shape index (κ2) is 4.97.